The number of ether oxygens (including phenoxy) is 1. The maximum atomic E-state index is 6.20. The molecule has 2 aromatic carbocycles. The smallest absolute Gasteiger partial charge is 0.130 e. The van der Waals surface area contributed by atoms with E-state index in [1.165, 1.54) is 22.3 Å². The van der Waals surface area contributed by atoms with Crippen LogP contribution >= 0.6 is 0 Å². The van der Waals surface area contributed by atoms with Crippen LogP contribution < -0.4 is 4.74 Å². The van der Waals surface area contributed by atoms with E-state index in [1.807, 2.05) is 12.3 Å². The molecule has 0 saturated heterocycles. The largest absolute Gasteiger partial charge is 0.487 e. The fraction of sp³-hybridized carbons (Fsp3) is 0.261. The molecule has 0 N–H and O–H groups in total. The number of hydrogen-bond donors (Lipinski definition) is 0. The van der Waals surface area contributed by atoms with Crippen LogP contribution in [-0.4, -0.2) is 4.98 Å². The number of hydrogen-bond acceptors (Lipinski definition) is 2. The second-order valence-electron chi connectivity index (χ2n) is 6.78. The zero-order valence-corrected chi connectivity index (χ0v) is 15.4. The van der Waals surface area contributed by atoms with Crippen molar-refractivity contribution in [2.75, 3.05) is 0 Å². The molecule has 0 unspecified atom stereocenters. The topological polar surface area (TPSA) is 22.1 Å². The van der Waals surface area contributed by atoms with Gasteiger partial charge in [-0.1, -0.05) is 56.3 Å². The molecule has 0 amide bonds. The van der Waals surface area contributed by atoms with Gasteiger partial charge in [-0.05, 0) is 59.7 Å². The first-order chi connectivity index (χ1) is 12.1. The van der Waals surface area contributed by atoms with E-state index in [9.17, 15) is 0 Å². The van der Waals surface area contributed by atoms with Crippen LogP contribution in [0, 0.1) is 13.8 Å². The van der Waals surface area contributed by atoms with Crippen LogP contribution in [0.2, 0.25) is 0 Å². The molecule has 0 aliphatic rings. The second kappa shape index (κ2) is 7.52. The van der Waals surface area contributed by atoms with Gasteiger partial charge in [0, 0.05) is 6.20 Å². The molecule has 1 heterocycles. The van der Waals surface area contributed by atoms with Crippen LogP contribution in [0.15, 0.2) is 60.8 Å². The lowest BCUT2D eigenvalue weighted by atomic mass is 9.95. The van der Waals surface area contributed by atoms with Crippen LogP contribution in [0.4, 0.5) is 0 Å². The first kappa shape index (κ1) is 17.2. The molecule has 1 aromatic heterocycles. The number of aromatic nitrogens is 1. The first-order valence-corrected chi connectivity index (χ1v) is 8.79. The highest BCUT2D eigenvalue weighted by Gasteiger charge is 2.12. The van der Waals surface area contributed by atoms with E-state index in [-0.39, 0.29) is 0 Å². The molecule has 0 saturated carbocycles. The Morgan fingerprint density at radius 1 is 0.920 bits per heavy atom. The van der Waals surface area contributed by atoms with E-state index in [0.29, 0.717) is 12.5 Å². The Balaban J connectivity index is 1.94. The number of rotatable bonds is 5. The van der Waals surface area contributed by atoms with Gasteiger partial charge in [0.15, 0.2) is 0 Å². The molecule has 0 atom stereocenters. The Kier molecular flexibility index (Phi) is 5.18. The average Bonchev–Trinajstić information content (AvgIpc) is 2.61. The van der Waals surface area contributed by atoms with Crippen molar-refractivity contribution in [3.63, 3.8) is 0 Å². The van der Waals surface area contributed by atoms with Gasteiger partial charge in [-0.25, -0.2) is 0 Å². The molecule has 3 aromatic rings. The molecular weight excluding hydrogens is 306 g/mol. The third kappa shape index (κ3) is 3.90. The van der Waals surface area contributed by atoms with Crippen LogP contribution in [0.25, 0.3) is 11.1 Å². The van der Waals surface area contributed by atoms with Crippen LogP contribution in [-0.2, 0) is 6.61 Å². The van der Waals surface area contributed by atoms with Crippen molar-refractivity contribution in [3.05, 3.63) is 83.2 Å². The van der Waals surface area contributed by atoms with E-state index in [0.717, 1.165) is 17.0 Å². The van der Waals surface area contributed by atoms with E-state index < -0.39 is 0 Å². The lowest BCUT2D eigenvalue weighted by Crippen LogP contribution is -2.03. The van der Waals surface area contributed by atoms with E-state index in [2.05, 4.69) is 81.2 Å². The monoisotopic (exact) mass is 331 g/mol. The summed E-state index contributed by atoms with van der Waals surface area (Å²) in [4.78, 5) is 4.44. The van der Waals surface area contributed by atoms with Gasteiger partial charge < -0.3 is 4.74 Å². The SMILES string of the molecule is Cc1ccccc1-c1ccc(C(C)C)c(OCc2ncccc2C)c1. The Hall–Kier alpha value is -2.61. The third-order valence-electron chi connectivity index (χ3n) is 4.57. The summed E-state index contributed by atoms with van der Waals surface area (Å²) in [5, 5.41) is 0. The minimum Gasteiger partial charge on any atom is -0.487 e. The van der Waals surface area contributed by atoms with E-state index >= 15 is 0 Å². The van der Waals surface area contributed by atoms with Crippen molar-refractivity contribution in [1.29, 1.82) is 0 Å². The molecule has 0 spiro atoms. The van der Waals surface area contributed by atoms with Gasteiger partial charge in [-0.15, -0.1) is 0 Å². The molecule has 128 valence electrons. The highest BCUT2D eigenvalue weighted by molar-refractivity contribution is 5.69. The van der Waals surface area contributed by atoms with Gasteiger partial charge in [0.25, 0.3) is 0 Å². The quantitative estimate of drug-likeness (QED) is 0.566. The summed E-state index contributed by atoms with van der Waals surface area (Å²) in [6.45, 7) is 9.09. The molecule has 0 aliphatic carbocycles. The molecular formula is C23H25NO. The summed E-state index contributed by atoms with van der Waals surface area (Å²) in [5.74, 6) is 1.35. The Morgan fingerprint density at radius 2 is 1.68 bits per heavy atom. The lowest BCUT2D eigenvalue weighted by Gasteiger charge is -2.17. The predicted molar refractivity (Wildman–Crippen MR) is 104 cm³/mol. The normalized spacial score (nSPS) is 10.9. The van der Waals surface area contributed by atoms with Crippen molar-refractivity contribution in [2.24, 2.45) is 0 Å². The van der Waals surface area contributed by atoms with Gasteiger partial charge in [-0.2, -0.15) is 0 Å². The minimum atomic E-state index is 0.408. The van der Waals surface area contributed by atoms with Gasteiger partial charge in [0.2, 0.25) is 0 Å². The van der Waals surface area contributed by atoms with Gasteiger partial charge in [0.1, 0.15) is 12.4 Å². The molecule has 0 aliphatic heterocycles. The highest BCUT2D eigenvalue weighted by atomic mass is 16.5. The van der Waals surface area contributed by atoms with E-state index in [4.69, 9.17) is 4.74 Å². The van der Waals surface area contributed by atoms with Gasteiger partial charge >= 0.3 is 0 Å². The van der Waals surface area contributed by atoms with Crippen LogP contribution in [0.1, 0.15) is 42.1 Å². The van der Waals surface area contributed by atoms with Crippen LogP contribution in [0.5, 0.6) is 5.75 Å². The fourth-order valence-corrected chi connectivity index (χ4v) is 3.02. The third-order valence-corrected chi connectivity index (χ3v) is 4.57. The Morgan fingerprint density at radius 3 is 2.40 bits per heavy atom. The summed E-state index contributed by atoms with van der Waals surface area (Å²) in [6, 6.07) is 19.0. The van der Waals surface area contributed by atoms with Crippen molar-refractivity contribution >= 4 is 0 Å². The van der Waals surface area contributed by atoms with Crippen LogP contribution in [0.3, 0.4) is 0 Å². The fourth-order valence-electron chi connectivity index (χ4n) is 3.02. The Labute approximate surface area is 150 Å². The maximum absolute atomic E-state index is 6.20. The number of pyridine rings is 1. The molecule has 0 bridgehead atoms. The molecule has 25 heavy (non-hydrogen) atoms. The predicted octanol–water partition coefficient (Wildman–Crippen LogP) is 6.07. The molecule has 0 fully saturated rings. The standard InChI is InChI=1S/C23H25NO/c1-16(2)20-12-11-19(21-10-6-5-8-17(21)3)14-23(20)25-15-22-18(4)9-7-13-24-22/h5-14,16H,15H2,1-4H3. The molecule has 0 radical (unpaired) electrons. The average molecular weight is 331 g/mol. The van der Waals surface area contributed by atoms with Crippen molar-refractivity contribution in [2.45, 2.75) is 40.2 Å². The number of nitrogens with zero attached hydrogens (tertiary/aromatic N) is 1. The first-order valence-electron chi connectivity index (χ1n) is 8.79. The van der Waals surface area contributed by atoms with Gasteiger partial charge in [-0.3, -0.25) is 4.98 Å². The molecule has 2 heteroatoms. The zero-order valence-electron chi connectivity index (χ0n) is 15.4. The zero-order chi connectivity index (χ0) is 17.8. The summed E-state index contributed by atoms with van der Waals surface area (Å²) >= 11 is 0. The molecule has 3 rings (SSSR count). The highest BCUT2D eigenvalue weighted by Crippen LogP contribution is 2.33. The summed E-state index contributed by atoms with van der Waals surface area (Å²) in [7, 11) is 0. The number of aryl methyl sites for hydroxylation is 2. The minimum absolute atomic E-state index is 0.408. The lowest BCUT2D eigenvalue weighted by molar-refractivity contribution is 0.296. The second-order valence-corrected chi connectivity index (χ2v) is 6.78. The number of benzene rings is 2. The maximum Gasteiger partial charge on any atom is 0.130 e. The summed E-state index contributed by atoms with van der Waals surface area (Å²) in [5.41, 5.74) is 7.08. The van der Waals surface area contributed by atoms with E-state index in [1.54, 1.807) is 0 Å². The Bertz CT molecular complexity index is 867. The van der Waals surface area contributed by atoms with Gasteiger partial charge in [0.05, 0.1) is 5.69 Å². The van der Waals surface area contributed by atoms with Crippen molar-refractivity contribution in [1.82, 2.24) is 4.98 Å². The summed E-state index contributed by atoms with van der Waals surface area (Å²) in [6.07, 6.45) is 1.82. The van der Waals surface area contributed by atoms with Crippen molar-refractivity contribution < 1.29 is 4.74 Å². The summed E-state index contributed by atoms with van der Waals surface area (Å²) < 4.78 is 6.20. The molecule has 2 nitrogen and oxygen atoms in total. The van der Waals surface area contributed by atoms with Crippen molar-refractivity contribution in [3.8, 4) is 16.9 Å².